The standard InChI is InChI=1S/C13H26N4O2/c1-4-15-9(2)11-6-5-7-17(8-11)10(3)12(18)16-13(14)19/h9-11,15H,4-8H2,1-3H3,(H3,14,16,18,19). The number of piperidine rings is 1. The summed E-state index contributed by atoms with van der Waals surface area (Å²) in [6, 6.07) is -0.658. The van der Waals surface area contributed by atoms with Crippen LogP contribution < -0.4 is 16.4 Å². The molecule has 3 unspecified atom stereocenters. The highest BCUT2D eigenvalue weighted by molar-refractivity contribution is 5.96. The van der Waals surface area contributed by atoms with Crippen LogP contribution in [-0.2, 0) is 4.79 Å². The fourth-order valence-corrected chi connectivity index (χ4v) is 2.68. The summed E-state index contributed by atoms with van der Waals surface area (Å²) in [6.07, 6.45) is 2.25. The number of rotatable bonds is 5. The summed E-state index contributed by atoms with van der Waals surface area (Å²) in [6.45, 7) is 8.82. The Bertz CT molecular complexity index is 322. The molecule has 110 valence electrons. The van der Waals surface area contributed by atoms with E-state index in [0.29, 0.717) is 12.0 Å². The first kappa shape index (κ1) is 15.9. The van der Waals surface area contributed by atoms with E-state index in [-0.39, 0.29) is 11.9 Å². The molecule has 0 aromatic heterocycles. The van der Waals surface area contributed by atoms with Gasteiger partial charge in [-0.25, -0.2) is 4.79 Å². The lowest BCUT2D eigenvalue weighted by atomic mass is 9.90. The molecule has 0 aliphatic carbocycles. The third-order valence-electron chi connectivity index (χ3n) is 3.90. The van der Waals surface area contributed by atoms with Crippen molar-refractivity contribution >= 4 is 11.9 Å². The first-order valence-corrected chi connectivity index (χ1v) is 7.03. The lowest BCUT2D eigenvalue weighted by Crippen LogP contribution is -2.53. The Balaban J connectivity index is 2.53. The maximum Gasteiger partial charge on any atom is 0.318 e. The minimum absolute atomic E-state index is 0.316. The number of carbonyl (C=O) groups is 2. The number of nitrogens with zero attached hydrogens (tertiary/aromatic N) is 1. The second kappa shape index (κ2) is 7.45. The van der Waals surface area contributed by atoms with Gasteiger partial charge in [0.25, 0.3) is 0 Å². The second-order valence-electron chi connectivity index (χ2n) is 5.27. The van der Waals surface area contributed by atoms with Gasteiger partial charge in [-0.1, -0.05) is 6.92 Å². The van der Waals surface area contributed by atoms with E-state index in [1.54, 1.807) is 0 Å². The van der Waals surface area contributed by atoms with Crippen molar-refractivity contribution in [3.63, 3.8) is 0 Å². The molecule has 0 aromatic rings. The Morgan fingerprint density at radius 1 is 1.42 bits per heavy atom. The lowest BCUT2D eigenvalue weighted by Gasteiger charge is -2.38. The first-order valence-electron chi connectivity index (χ1n) is 7.03. The summed E-state index contributed by atoms with van der Waals surface area (Å²) in [5.74, 6) is 0.224. The van der Waals surface area contributed by atoms with Crippen molar-refractivity contribution in [2.24, 2.45) is 11.7 Å². The summed E-state index contributed by atoms with van der Waals surface area (Å²) in [7, 11) is 0. The SMILES string of the molecule is CCNC(C)C1CCCN(C(C)C(=O)NC(N)=O)C1. The van der Waals surface area contributed by atoms with Crippen LogP contribution in [0.3, 0.4) is 0 Å². The van der Waals surface area contributed by atoms with E-state index >= 15 is 0 Å². The molecule has 3 amide bonds. The zero-order valence-electron chi connectivity index (χ0n) is 12.1. The van der Waals surface area contributed by atoms with Crippen molar-refractivity contribution in [1.29, 1.82) is 0 Å². The van der Waals surface area contributed by atoms with Gasteiger partial charge in [-0.05, 0) is 45.7 Å². The number of carbonyl (C=O) groups excluding carboxylic acids is 2. The molecule has 1 aliphatic rings. The molecule has 6 nitrogen and oxygen atoms in total. The molecule has 0 aromatic carbocycles. The van der Waals surface area contributed by atoms with Gasteiger partial charge in [0.15, 0.2) is 0 Å². The molecule has 3 atom stereocenters. The summed E-state index contributed by atoms with van der Waals surface area (Å²) in [4.78, 5) is 24.6. The van der Waals surface area contributed by atoms with Crippen LogP contribution in [0.1, 0.15) is 33.6 Å². The van der Waals surface area contributed by atoms with Crippen LogP contribution >= 0.6 is 0 Å². The van der Waals surface area contributed by atoms with Crippen molar-refractivity contribution in [1.82, 2.24) is 15.5 Å². The number of nitrogens with two attached hydrogens (primary N) is 1. The van der Waals surface area contributed by atoms with Crippen molar-refractivity contribution in [2.75, 3.05) is 19.6 Å². The molecular formula is C13H26N4O2. The summed E-state index contributed by atoms with van der Waals surface area (Å²) < 4.78 is 0. The van der Waals surface area contributed by atoms with Gasteiger partial charge in [0.2, 0.25) is 5.91 Å². The van der Waals surface area contributed by atoms with Crippen LogP contribution in [0.2, 0.25) is 0 Å². The summed E-state index contributed by atoms with van der Waals surface area (Å²) in [5, 5.41) is 5.59. The molecule has 19 heavy (non-hydrogen) atoms. The van der Waals surface area contributed by atoms with E-state index in [0.717, 1.165) is 26.1 Å². The highest BCUT2D eigenvalue weighted by atomic mass is 16.2. The van der Waals surface area contributed by atoms with Gasteiger partial charge in [0.1, 0.15) is 0 Å². The molecule has 0 spiro atoms. The Morgan fingerprint density at radius 3 is 2.68 bits per heavy atom. The normalized spacial score (nSPS) is 23.6. The third kappa shape index (κ3) is 4.80. The Kier molecular flexibility index (Phi) is 6.24. The summed E-state index contributed by atoms with van der Waals surface area (Å²) >= 11 is 0. The topological polar surface area (TPSA) is 87.5 Å². The first-order chi connectivity index (χ1) is 8.95. The molecule has 0 saturated carbocycles. The fourth-order valence-electron chi connectivity index (χ4n) is 2.68. The fraction of sp³-hybridized carbons (Fsp3) is 0.846. The van der Waals surface area contributed by atoms with Gasteiger partial charge >= 0.3 is 6.03 Å². The number of hydrogen-bond donors (Lipinski definition) is 3. The molecular weight excluding hydrogens is 244 g/mol. The van der Waals surface area contributed by atoms with Crippen LogP contribution in [0.25, 0.3) is 0 Å². The Morgan fingerprint density at radius 2 is 2.11 bits per heavy atom. The average Bonchev–Trinajstić information content (AvgIpc) is 2.37. The molecule has 0 bridgehead atoms. The van der Waals surface area contributed by atoms with E-state index in [4.69, 9.17) is 5.73 Å². The minimum atomic E-state index is -0.786. The van der Waals surface area contributed by atoms with Crippen LogP contribution in [0.5, 0.6) is 0 Å². The van der Waals surface area contributed by atoms with Gasteiger partial charge in [0.05, 0.1) is 6.04 Å². The quantitative estimate of drug-likeness (QED) is 0.669. The number of primary amides is 1. The summed E-state index contributed by atoms with van der Waals surface area (Å²) in [5.41, 5.74) is 4.98. The van der Waals surface area contributed by atoms with Gasteiger partial charge in [-0.15, -0.1) is 0 Å². The maximum absolute atomic E-state index is 11.8. The molecule has 1 aliphatic heterocycles. The van der Waals surface area contributed by atoms with E-state index in [1.165, 1.54) is 6.42 Å². The number of likely N-dealkylation sites (tertiary alicyclic amines) is 1. The van der Waals surface area contributed by atoms with E-state index in [2.05, 4.69) is 29.4 Å². The molecule has 1 saturated heterocycles. The number of nitrogens with one attached hydrogen (secondary N) is 2. The molecule has 4 N–H and O–H groups in total. The lowest BCUT2D eigenvalue weighted by molar-refractivity contribution is -0.125. The van der Waals surface area contributed by atoms with Gasteiger partial charge in [-0.2, -0.15) is 0 Å². The van der Waals surface area contributed by atoms with Gasteiger partial charge < -0.3 is 11.1 Å². The highest BCUT2D eigenvalue weighted by Gasteiger charge is 2.29. The largest absolute Gasteiger partial charge is 0.351 e. The number of amides is 3. The molecule has 1 rings (SSSR count). The van der Waals surface area contributed by atoms with Crippen LogP contribution in [0.15, 0.2) is 0 Å². The van der Waals surface area contributed by atoms with Crippen LogP contribution in [0.4, 0.5) is 4.79 Å². The van der Waals surface area contributed by atoms with Crippen LogP contribution in [0, 0.1) is 5.92 Å². The zero-order valence-corrected chi connectivity index (χ0v) is 12.1. The van der Waals surface area contributed by atoms with Crippen molar-refractivity contribution < 1.29 is 9.59 Å². The van der Waals surface area contributed by atoms with Crippen molar-refractivity contribution in [3.05, 3.63) is 0 Å². The Hall–Kier alpha value is -1.14. The number of imide groups is 1. The van der Waals surface area contributed by atoms with E-state index < -0.39 is 6.03 Å². The van der Waals surface area contributed by atoms with Gasteiger partial charge in [0, 0.05) is 12.6 Å². The molecule has 6 heteroatoms. The van der Waals surface area contributed by atoms with Crippen molar-refractivity contribution in [3.8, 4) is 0 Å². The van der Waals surface area contributed by atoms with Gasteiger partial charge in [-0.3, -0.25) is 15.0 Å². The minimum Gasteiger partial charge on any atom is -0.351 e. The maximum atomic E-state index is 11.8. The second-order valence-corrected chi connectivity index (χ2v) is 5.27. The number of urea groups is 1. The highest BCUT2D eigenvalue weighted by Crippen LogP contribution is 2.21. The van der Waals surface area contributed by atoms with E-state index in [9.17, 15) is 9.59 Å². The number of hydrogen-bond acceptors (Lipinski definition) is 4. The predicted octanol–water partition coefficient (Wildman–Crippen LogP) is 0.280. The molecule has 1 fully saturated rings. The Labute approximate surface area is 115 Å². The monoisotopic (exact) mass is 270 g/mol. The van der Waals surface area contributed by atoms with E-state index in [1.807, 2.05) is 6.92 Å². The van der Waals surface area contributed by atoms with Crippen molar-refractivity contribution in [2.45, 2.75) is 45.7 Å². The zero-order chi connectivity index (χ0) is 14.4. The molecule has 1 heterocycles. The molecule has 0 radical (unpaired) electrons. The van der Waals surface area contributed by atoms with Crippen LogP contribution in [-0.4, -0.2) is 48.6 Å². The predicted molar refractivity (Wildman–Crippen MR) is 74.6 cm³/mol. The smallest absolute Gasteiger partial charge is 0.318 e. The average molecular weight is 270 g/mol. The third-order valence-corrected chi connectivity index (χ3v) is 3.90.